The average Bonchev–Trinajstić information content (AvgIpc) is 2.66. The minimum atomic E-state index is -0.142. The van der Waals surface area contributed by atoms with Gasteiger partial charge in [0, 0.05) is 6.54 Å². The number of hydrogen-bond donors (Lipinski definition) is 0. The Balaban J connectivity index is 2.19. The fraction of sp³-hybridized carbons (Fsp3) is 0.929. The van der Waals surface area contributed by atoms with Gasteiger partial charge in [0.15, 0.2) is 0 Å². The summed E-state index contributed by atoms with van der Waals surface area (Å²) in [7, 11) is 0. The molecule has 0 saturated carbocycles. The van der Waals surface area contributed by atoms with Crippen LogP contribution in [0.5, 0.6) is 0 Å². The second kappa shape index (κ2) is 5.68. The van der Waals surface area contributed by atoms with Crippen LogP contribution in [-0.4, -0.2) is 24.5 Å². The van der Waals surface area contributed by atoms with Crippen LogP contribution in [0, 0.1) is 28.6 Å². The van der Waals surface area contributed by atoms with Crippen LogP contribution in [-0.2, 0) is 0 Å². The van der Waals surface area contributed by atoms with Crippen molar-refractivity contribution in [3.05, 3.63) is 0 Å². The number of rotatable bonds is 5. The minimum absolute atomic E-state index is 0.142. The summed E-state index contributed by atoms with van der Waals surface area (Å²) in [6.07, 6.45) is 3.54. The molecule has 0 amide bonds. The number of nitrogens with zero attached hydrogens (tertiary/aromatic N) is 2. The van der Waals surface area contributed by atoms with E-state index < -0.39 is 0 Å². The molecule has 1 rings (SSSR count). The first-order chi connectivity index (χ1) is 7.44. The number of nitriles is 1. The van der Waals surface area contributed by atoms with Crippen molar-refractivity contribution in [1.29, 1.82) is 5.26 Å². The predicted molar refractivity (Wildman–Crippen MR) is 68.0 cm³/mol. The van der Waals surface area contributed by atoms with Crippen molar-refractivity contribution in [2.24, 2.45) is 17.3 Å². The number of likely N-dealkylation sites (tertiary alicyclic amines) is 1. The van der Waals surface area contributed by atoms with Crippen LogP contribution in [0.15, 0.2) is 0 Å². The standard InChI is InChI=1S/C14H26N2/c1-12(2)13-6-9-16(10-13)8-5-7-14(3,4)11-15/h12-13H,5-10H2,1-4H3. The van der Waals surface area contributed by atoms with Crippen molar-refractivity contribution in [1.82, 2.24) is 4.90 Å². The van der Waals surface area contributed by atoms with Gasteiger partial charge >= 0.3 is 0 Å². The van der Waals surface area contributed by atoms with Crippen LogP contribution in [0.25, 0.3) is 0 Å². The molecule has 0 aromatic carbocycles. The Morgan fingerprint density at radius 1 is 1.44 bits per heavy atom. The molecule has 1 fully saturated rings. The molecule has 1 aliphatic rings. The first-order valence-electron chi connectivity index (χ1n) is 6.58. The molecule has 1 atom stereocenters. The predicted octanol–water partition coefficient (Wildman–Crippen LogP) is 3.29. The van der Waals surface area contributed by atoms with Gasteiger partial charge in [-0.1, -0.05) is 13.8 Å². The first-order valence-corrected chi connectivity index (χ1v) is 6.58. The lowest BCUT2D eigenvalue weighted by Crippen LogP contribution is -2.24. The second-order valence-corrected chi connectivity index (χ2v) is 6.19. The largest absolute Gasteiger partial charge is 0.303 e. The topological polar surface area (TPSA) is 27.0 Å². The van der Waals surface area contributed by atoms with E-state index in [0.717, 1.165) is 24.7 Å². The molecular formula is C14H26N2. The van der Waals surface area contributed by atoms with Gasteiger partial charge in [-0.25, -0.2) is 0 Å². The molecular weight excluding hydrogens is 196 g/mol. The quantitative estimate of drug-likeness (QED) is 0.713. The number of hydrogen-bond acceptors (Lipinski definition) is 2. The second-order valence-electron chi connectivity index (χ2n) is 6.19. The van der Waals surface area contributed by atoms with Crippen LogP contribution in [0.1, 0.15) is 47.0 Å². The summed E-state index contributed by atoms with van der Waals surface area (Å²) < 4.78 is 0. The lowest BCUT2D eigenvalue weighted by molar-refractivity contribution is 0.283. The highest BCUT2D eigenvalue weighted by Gasteiger charge is 2.25. The van der Waals surface area contributed by atoms with Gasteiger partial charge in [-0.2, -0.15) is 5.26 Å². The molecule has 1 aliphatic heterocycles. The van der Waals surface area contributed by atoms with Crippen molar-refractivity contribution in [2.45, 2.75) is 47.0 Å². The van der Waals surface area contributed by atoms with E-state index in [1.807, 2.05) is 13.8 Å². The Morgan fingerprint density at radius 3 is 2.62 bits per heavy atom. The van der Waals surface area contributed by atoms with Crippen molar-refractivity contribution in [3.63, 3.8) is 0 Å². The van der Waals surface area contributed by atoms with Crippen LogP contribution in [0.2, 0.25) is 0 Å². The minimum Gasteiger partial charge on any atom is -0.303 e. The molecule has 0 aromatic heterocycles. The van der Waals surface area contributed by atoms with Crippen LogP contribution < -0.4 is 0 Å². The fourth-order valence-corrected chi connectivity index (χ4v) is 2.41. The summed E-state index contributed by atoms with van der Waals surface area (Å²) in [5.41, 5.74) is -0.142. The Kier molecular flexibility index (Phi) is 4.80. The molecule has 2 heteroatoms. The third kappa shape index (κ3) is 4.14. The summed E-state index contributed by atoms with van der Waals surface area (Å²) >= 11 is 0. The van der Waals surface area contributed by atoms with Gasteiger partial charge in [-0.15, -0.1) is 0 Å². The molecule has 0 aromatic rings. The zero-order valence-corrected chi connectivity index (χ0v) is 11.3. The van der Waals surface area contributed by atoms with Crippen LogP contribution in [0.4, 0.5) is 0 Å². The van der Waals surface area contributed by atoms with E-state index in [2.05, 4.69) is 24.8 Å². The molecule has 1 saturated heterocycles. The SMILES string of the molecule is CC(C)C1CCN(CCCC(C)(C)C#N)C1. The third-order valence-corrected chi connectivity index (χ3v) is 3.83. The maximum absolute atomic E-state index is 8.94. The van der Waals surface area contributed by atoms with Crippen molar-refractivity contribution in [3.8, 4) is 6.07 Å². The van der Waals surface area contributed by atoms with E-state index in [1.165, 1.54) is 26.1 Å². The monoisotopic (exact) mass is 222 g/mol. The average molecular weight is 222 g/mol. The zero-order chi connectivity index (χ0) is 12.2. The van der Waals surface area contributed by atoms with E-state index in [9.17, 15) is 0 Å². The van der Waals surface area contributed by atoms with E-state index in [1.54, 1.807) is 0 Å². The maximum atomic E-state index is 8.94. The highest BCUT2D eigenvalue weighted by Crippen LogP contribution is 2.25. The van der Waals surface area contributed by atoms with E-state index in [-0.39, 0.29) is 5.41 Å². The van der Waals surface area contributed by atoms with E-state index >= 15 is 0 Å². The normalized spacial score (nSPS) is 22.6. The molecule has 0 radical (unpaired) electrons. The molecule has 1 heterocycles. The first kappa shape index (κ1) is 13.5. The fourth-order valence-electron chi connectivity index (χ4n) is 2.41. The van der Waals surface area contributed by atoms with Crippen molar-refractivity contribution in [2.75, 3.05) is 19.6 Å². The van der Waals surface area contributed by atoms with Gasteiger partial charge in [0.25, 0.3) is 0 Å². The van der Waals surface area contributed by atoms with Gasteiger partial charge < -0.3 is 4.90 Å². The van der Waals surface area contributed by atoms with Crippen molar-refractivity contribution < 1.29 is 0 Å². The van der Waals surface area contributed by atoms with Crippen LogP contribution >= 0.6 is 0 Å². The summed E-state index contributed by atoms with van der Waals surface area (Å²) in [4.78, 5) is 2.57. The zero-order valence-electron chi connectivity index (χ0n) is 11.3. The molecule has 0 N–H and O–H groups in total. The molecule has 0 bridgehead atoms. The van der Waals surface area contributed by atoms with Gasteiger partial charge in [0.2, 0.25) is 0 Å². The summed E-state index contributed by atoms with van der Waals surface area (Å²) in [5.74, 6) is 1.71. The highest BCUT2D eigenvalue weighted by molar-refractivity contribution is 4.91. The van der Waals surface area contributed by atoms with Gasteiger partial charge in [-0.3, -0.25) is 0 Å². The molecule has 2 nitrogen and oxygen atoms in total. The highest BCUT2D eigenvalue weighted by atomic mass is 15.1. The van der Waals surface area contributed by atoms with Crippen LogP contribution in [0.3, 0.4) is 0 Å². The molecule has 16 heavy (non-hydrogen) atoms. The lowest BCUT2D eigenvalue weighted by atomic mass is 9.90. The Labute approximate surface area is 101 Å². The van der Waals surface area contributed by atoms with Gasteiger partial charge in [-0.05, 0) is 58.0 Å². The van der Waals surface area contributed by atoms with Gasteiger partial charge in [0.05, 0.1) is 11.5 Å². The van der Waals surface area contributed by atoms with E-state index in [4.69, 9.17) is 5.26 Å². The molecule has 0 aliphatic carbocycles. The Bertz CT molecular complexity index is 250. The summed E-state index contributed by atoms with van der Waals surface area (Å²) in [5, 5.41) is 8.94. The Morgan fingerprint density at radius 2 is 2.12 bits per heavy atom. The summed E-state index contributed by atoms with van der Waals surface area (Å²) in [6, 6.07) is 2.38. The van der Waals surface area contributed by atoms with Gasteiger partial charge in [0.1, 0.15) is 0 Å². The Hall–Kier alpha value is -0.550. The molecule has 0 spiro atoms. The van der Waals surface area contributed by atoms with Crippen molar-refractivity contribution >= 4 is 0 Å². The third-order valence-electron chi connectivity index (χ3n) is 3.83. The summed E-state index contributed by atoms with van der Waals surface area (Å²) in [6.45, 7) is 12.4. The smallest absolute Gasteiger partial charge is 0.0683 e. The van der Waals surface area contributed by atoms with E-state index in [0.29, 0.717) is 0 Å². The molecule has 92 valence electrons. The lowest BCUT2D eigenvalue weighted by Gasteiger charge is -2.20. The molecule has 1 unspecified atom stereocenters. The maximum Gasteiger partial charge on any atom is 0.0683 e.